The van der Waals surface area contributed by atoms with Gasteiger partial charge in [-0.05, 0) is 24.5 Å². The molecule has 0 bridgehead atoms. The van der Waals surface area contributed by atoms with Crippen LogP contribution in [0.25, 0.3) is 0 Å². The molecule has 5 nitrogen and oxygen atoms in total. The van der Waals surface area contributed by atoms with Gasteiger partial charge >= 0.3 is 6.18 Å². The Morgan fingerprint density at radius 3 is 2.86 bits per heavy atom. The van der Waals surface area contributed by atoms with Crippen molar-refractivity contribution in [2.75, 3.05) is 19.8 Å². The zero-order chi connectivity index (χ0) is 15.9. The molecule has 118 valence electrons. The summed E-state index contributed by atoms with van der Waals surface area (Å²) in [7, 11) is 0. The molecule has 0 aromatic carbocycles. The Hall–Kier alpha value is -1.83. The predicted octanol–water partition coefficient (Wildman–Crippen LogP) is 1.77. The van der Waals surface area contributed by atoms with E-state index in [0.717, 1.165) is 0 Å². The lowest BCUT2D eigenvalue weighted by molar-refractivity contribution is -0.154. The SMILES string of the molecule is CC(CCO)CNC(=O)c1cccnc1OCC(F)(F)F. The Bertz CT molecular complexity index is 466. The normalized spacial score (nSPS) is 12.8. The van der Waals surface area contributed by atoms with Crippen molar-refractivity contribution >= 4 is 5.91 Å². The Morgan fingerprint density at radius 1 is 1.52 bits per heavy atom. The molecule has 0 spiro atoms. The van der Waals surface area contributed by atoms with Gasteiger partial charge in [0.2, 0.25) is 5.88 Å². The van der Waals surface area contributed by atoms with Crippen molar-refractivity contribution in [1.82, 2.24) is 10.3 Å². The van der Waals surface area contributed by atoms with Gasteiger partial charge in [-0.2, -0.15) is 13.2 Å². The number of nitrogens with one attached hydrogen (secondary N) is 1. The van der Waals surface area contributed by atoms with Crippen molar-refractivity contribution in [2.45, 2.75) is 19.5 Å². The minimum absolute atomic E-state index is 0.00384. The van der Waals surface area contributed by atoms with Crippen LogP contribution in [0.3, 0.4) is 0 Å². The molecule has 1 unspecified atom stereocenters. The Morgan fingerprint density at radius 2 is 2.24 bits per heavy atom. The summed E-state index contributed by atoms with van der Waals surface area (Å²) in [6, 6.07) is 2.78. The van der Waals surface area contributed by atoms with E-state index in [1.165, 1.54) is 18.3 Å². The summed E-state index contributed by atoms with van der Waals surface area (Å²) < 4.78 is 40.9. The van der Waals surface area contributed by atoms with E-state index >= 15 is 0 Å². The number of pyridine rings is 1. The molecule has 0 aliphatic heterocycles. The molecule has 0 aliphatic carbocycles. The van der Waals surface area contributed by atoms with Crippen LogP contribution >= 0.6 is 0 Å². The second-order valence-electron chi connectivity index (χ2n) is 4.59. The monoisotopic (exact) mass is 306 g/mol. The van der Waals surface area contributed by atoms with E-state index in [9.17, 15) is 18.0 Å². The fraction of sp³-hybridized carbons (Fsp3) is 0.538. The van der Waals surface area contributed by atoms with Crippen LogP contribution in [0.4, 0.5) is 13.2 Å². The van der Waals surface area contributed by atoms with Crippen molar-refractivity contribution in [3.05, 3.63) is 23.9 Å². The van der Waals surface area contributed by atoms with Gasteiger partial charge in [0.25, 0.3) is 5.91 Å². The van der Waals surface area contributed by atoms with Crippen LogP contribution in [0.1, 0.15) is 23.7 Å². The van der Waals surface area contributed by atoms with Crippen molar-refractivity contribution in [3.63, 3.8) is 0 Å². The smallest absolute Gasteiger partial charge is 0.422 e. The van der Waals surface area contributed by atoms with Gasteiger partial charge in [0.15, 0.2) is 6.61 Å². The molecule has 0 radical (unpaired) electrons. The molecule has 0 fully saturated rings. The Labute approximate surface area is 120 Å². The van der Waals surface area contributed by atoms with Gasteiger partial charge in [0.1, 0.15) is 5.56 Å². The number of aliphatic hydroxyl groups excluding tert-OH is 1. The summed E-state index contributed by atoms with van der Waals surface area (Å²) in [5.41, 5.74) is -0.0575. The summed E-state index contributed by atoms with van der Waals surface area (Å²) in [6.45, 7) is 0.628. The van der Waals surface area contributed by atoms with E-state index in [2.05, 4.69) is 15.0 Å². The number of nitrogens with zero attached hydrogens (tertiary/aromatic N) is 1. The van der Waals surface area contributed by atoms with Gasteiger partial charge in [-0.3, -0.25) is 4.79 Å². The molecular formula is C13H17F3N2O3. The van der Waals surface area contributed by atoms with E-state index in [-0.39, 0.29) is 24.0 Å². The van der Waals surface area contributed by atoms with Crippen molar-refractivity contribution in [3.8, 4) is 5.88 Å². The number of alkyl halides is 3. The van der Waals surface area contributed by atoms with Gasteiger partial charge in [-0.1, -0.05) is 6.92 Å². The van der Waals surface area contributed by atoms with E-state index in [0.29, 0.717) is 13.0 Å². The van der Waals surface area contributed by atoms with Gasteiger partial charge in [0, 0.05) is 19.3 Å². The van der Waals surface area contributed by atoms with Gasteiger partial charge in [-0.25, -0.2) is 4.98 Å². The lowest BCUT2D eigenvalue weighted by atomic mass is 10.1. The predicted molar refractivity (Wildman–Crippen MR) is 69.0 cm³/mol. The van der Waals surface area contributed by atoms with Crippen LogP contribution in [-0.2, 0) is 0 Å². The summed E-state index contributed by atoms with van der Waals surface area (Å²) in [4.78, 5) is 15.6. The highest BCUT2D eigenvalue weighted by molar-refractivity contribution is 5.96. The lowest BCUT2D eigenvalue weighted by Crippen LogP contribution is -2.29. The van der Waals surface area contributed by atoms with Gasteiger partial charge < -0.3 is 15.2 Å². The third kappa shape index (κ3) is 6.44. The molecule has 1 atom stereocenters. The van der Waals surface area contributed by atoms with Gasteiger partial charge in [-0.15, -0.1) is 0 Å². The van der Waals surface area contributed by atoms with Crippen molar-refractivity contribution in [1.29, 1.82) is 0 Å². The lowest BCUT2D eigenvalue weighted by Gasteiger charge is -2.14. The van der Waals surface area contributed by atoms with Gasteiger partial charge in [0.05, 0.1) is 0 Å². The minimum atomic E-state index is -4.50. The number of hydrogen-bond acceptors (Lipinski definition) is 4. The summed E-state index contributed by atoms with van der Waals surface area (Å²) >= 11 is 0. The summed E-state index contributed by atoms with van der Waals surface area (Å²) in [6.07, 6.45) is -2.73. The maximum absolute atomic E-state index is 12.1. The summed E-state index contributed by atoms with van der Waals surface area (Å²) in [5, 5.41) is 11.3. The van der Waals surface area contributed by atoms with E-state index in [4.69, 9.17) is 5.11 Å². The van der Waals surface area contributed by atoms with Crippen LogP contribution in [0.5, 0.6) is 5.88 Å². The first-order chi connectivity index (χ1) is 9.83. The highest BCUT2D eigenvalue weighted by Crippen LogP contribution is 2.19. The summed E-state index contributed by atoms with van der Waals surface area (Å²) in [5.74, 6) is -0.873. The fourth-order valence-electron chi connectivity index (χ4n) is 1.51. The third-order valence-corrected chi connectivity index (χ3v) is 2.62. The Kier molecular flexibility index (Phi) is 6.41. The van der Waals surface area contributed by atoms with E-state index in [1.54, 1.807) is 0 Å². The quantitative estimate of drug-likeness (QED) is 0.805. The third-order valence-electron chi connectivity index (χ3n) is 2.62. The van der Waals surface area contributed by atoms with Crippen LogP contribution in [-0.4, -0.2) is 41.9 Å². The highest BCUT2D eigenvalue weighted by Gasteiger charge is 2.29. The number of halogens is 3. The van der Waals surface area contributed by atoms with Crippen molar-refractivity contribution in [2.24, 2.45) is 5.92 Å². The largest absolute Gasteiger partial charge is 0.467 e. The molecule has 1 rings (SSSR count). The molecule has 1 aromatic heterocycles. The molecular weight excluding hydrogens is 289 g/mol. The number of carbonyl (C=O) groups excluding carboxylic acids is 1. The molecule has 1 aromatic rings. The number of ether oxygens (including phenoxy) is 1. The average molecular weight is 306 g/mol. The van der Waals surface area contributed by atoms with Crippen LogP contribution in [0.15, 0.2) is 18.3 Å². The highest BCUT2D eigenvalue weighted by atomic mass is 19.4. The molecule has 8 heteroatoms. The molecule has 1 amide bonds. The number of rotatable bonds is 7. The standard InChI is InChI=1S/C13H17F3N2O3/c1-9(4-6-19)7-18-11(20)10-3-2-5-17-12(10)21-8-13(14,15)16/h2-3,5,9,19H,4,6-8H2,1H3,(H,18,20). The van der Waals surface area contributed by atoms with Crippen LogP contribution in [0, 0.1) is 5.92 Å². The maximum atomic E-state index is 12.1. The van der Waals surface area contributed by atoms with Crippen molar-refractivity contribution < 1.29 is 27.8 Å². The molecule has 21 heavy (non-hydrogen) atoms. The number of carbonyl (C=O) groups is 1. The molecule has 0 saturated carbocycles. The van der Waals surface area contributed by atoms with Crippen LogP contribution < -0.4 is 10.1 Å². The van der Waals surface area contributed by atoms with Crippen LogP contribution in [0.2, 0.25) is 0 Å². The Balaban J connectivity index is 2.67. The topological polar surface area (TPSA) is 71.5 Å². The number of amides is 1. The number of aromatic nitrogens is 1. The average Bonchev–Trinajstić information content (AvgIpc) is 2.42. The second kappa shape index (κ2) is 7.82. The molecule has 2 N–H and O–H groups in total. The van der Waals surface area contributed by atoms with E-state index < -0.39 is 18.7 Å². The first-order valence-corrected chi connectivity index (χ1v) is 6.37. The first-order valence-electron chi connectivity index (χ1n) is 6.37. The zero-order valence-corrected chi connectivity index (χ0v) is 11.5. The fourth-order valence-corrected chi connectivity index (χ4v) is 1.51. The maximum Gasteiger partial charge on any atom is 0.422 e. The number of hydrogen-bond donors (Lipinski definition) is 2. The van der Waals surface area contributed by atoms with E-state index in [1.807, 2.05) is 6.92 Å². The molecule has 0 saturated heterocycles. The molecule has 0 aliphatic rings. The molecule has 1 heterocycles. The first kappa shape index (κ1) is 17.2. The second-order valence-corrected chi connectivity index (χ2v) is 4.59. The number of aliphatic hydroxyl groups is 1. The zero-order valence-electron chi connectivity index (χ0n) is 11.5. The minimum Gasteiger partial charge on any atom is -0.467 e.